The van der Waals surface area contributed by atoms with Gasteiger partial charge in [-0.3, -0.25) is 4.79 Å². The summed E-state index contributed by atoms with van der Waals surface area (Å²) >= 11 is 0. The molecule has 0 radical (unpaired) electrons. The molecular formula is C21H22N2O2. The number of carbonyl (C=O) groups excluding carboxylic acids is 1. The van der Waals surface area contributed by atoms with Crippen LogP contribution in [0.4, 0.5) is 5.69 Å². The fourth-order valence-electron chi connectivity index (χ4n) is 3.01. The van der Waals surface area contributed by atoms with E-state index in [1.807, 2.05) is 51.1 Å². The van der Waals surface area contributed by atoms with Crippen molar-refractivity contribution >= 4 is 11.6 Å². The molecule has 0 aliphatic rings. The number of hydrogen-bond acceptors (Lipinski definition) is 3. The van der Waals surface area contributed by atoms with Crippen molar-refractivity contribution in [2.45, 2.75) is 34.1 Å². The number of nitrogens with zero attached hydrogens (tertiary/aromatic N) is 1. The summed E-state index contributed by atoms with van der Waals surface area (Å²) in [6.45, 7) is 7.90. The average Bonchev–Trinajstić information content (AvgIpc) is 2.92. The number of anilines is 1. The van der Waals surface area contributed by atoms with E-state index in [9.17, 15) is 4.79 Å². The second kappa shape index (κ2) is 6.93. The van der Waals surface area contributed by atoms with Crippen LogP contribution in [0.15, 0.2) is 46.9 Å². The normalized spacial score (nSPS) is 10.7. The van der Waals surface area contributed by atoms with Gasteiger partial charge in [0, 0.05) is 11.3 Å². The van der Waals surface area contributed by atoms with Crippen molar-refractivity contribution < 1.29 is 9.21 Å². The third-order valence-electron chi connectivity index (χ3n) is 4.18. The molecule has 0 aliphatic heterocycles. The van der Waals surface area contributed by atoms with Crippen LogP contribution < -0.4 is 5.32 Å². The van der Waals surface area contributed by atoms with Gasteiger partial charge in [-0.2, -0.15) is 0 Å². The highest BCUT2D eigenvalue weighted by atomic mass is 16.4. The summed E-state index contributed by atoms with van der Waals surface area (Å²) in [5.41, 5.74) is 5.76. The molecule has 0 saturated carbocycles. The van der Waals surface area contributed by atoms with Crippen molar-refractivity contribution in [3.63, 3.8) is 0 Å². The number of rotatable bonds is 4. The largest absolute Gasteiger partial charge is 0.441 e. The Morgan fingerprint density at radius 1 is 1.04 bits per heavy atom. The Hall–Kier alpha value is -2.88. The molecule has 4 heteroatoms. The van der Waals surface area contributed by atoms with E-state index in [1.165, 1.54) is 5.56 Å². The molecule has 0 atom stereocenters. The van der Waals surface area contributed by atoms with Crippen LogP contribution in [0, 0.1) is 27.7 Å². The highest BCUT2D eigenvalue weighted by molar-refractivity contribution is 5.93. The molecule has 0 fully saturated rings. The maximum Gasteiger partial charge on any atom is 0.230 e. The Labute approximate surface area is 147 Å². The molecular weight excluding hydrogens is 312 g/mol. The molecule has 0 saturated heterocycles. The summed E-state index contributed by atoms with van der Waals surface area (Å²) in [6.07, 6.45) is 0.189. The van der Waals surface area contributed by atoms with E-state index in [4.69, 9.17) is 4.42 Å². The number of aromatic nitrogens is 1. The standard InChI is InChI=1S/C21H22N2O2/c1-13-10-14(2)20(15(3)11-13)23-19(24)12-18-16(4)25-21(22-18)17-8-6-5-7-9-17/h5-11H,12H2,1-4H3,(H,23,24). The Morgan fingerprint density at radius 2 is 1.68 bits per heavy atom. The molecule has 25 heavy (non-hydrogen) atoms. The Balaban J connectivity index is 1.77. The van der Waals surface area contributed by atoms with E-state index in [2.05, 4.69) is 29.4 Å². The fourth-order valence-corrected chi connectivity index (χ4v) is 3.01. The predicted molar refractivity (Wildman–Crippen MR) is 99.7 cm³/mol. The van der Waals surface area contributed by atoms with Crippen molar-refractivity contribution in [3.8, 4) is 11.5 Å². The van der Waals surface area contributed by atoms with Crippen LogP contribution in [0.3, 0.4) is 0 Å². The lowest BCUT2D eigenvalue weighted by atomic mass is 10.0. The number of amides is 1. The Kier molecular flexibility index (Phi) is 4.70. The zero-order valence-electron chi connectivity index (χ0n) is 15.0. The van der Waals surface area contributed by atoms with Gasteiger partial charge in [0.15, 0.2) is 0 Å². The maximum absolute atomic E-state index is 12.5. The maximum atomic E-state index is 12.5. The third-order valence-corrected chi connectivity index (χ3v) is 4.18. The number of aryl methyl sites for hydroxylation is 4. The average molecular weight is 334 g/mol. The van der Waals surface area contributed by atoms with Crippen LogP contribution in [-0.4, -0.2) is 10.9 Å². The van der Waals surface area contributed by atoms with E-state index in [1.54, 1.807) is 0 Å². The first-order valence-electron chi connectivity index (χ1n) is 8.33. The highest BCUT2D eigenvalue weighted by Gasteiger charge is 2.16. The second-order valence-electron chi connectivity index (χ2n) is 6.39. The number of benzene rings is 2. The quantitative estimate of drug-likeness (QED) is 0.748. The molecule has 1 N–H and O–H groups in total. The van der Waals surface area contributed by atoms with Gasteiger partial charge >= 0.3 is 0 Å². The first kappa shape index (κ1) is 17.0. The van der Waals surface area contributed by atoms with Gasteiger partial charge in [0.25, 0.3) is 0 Å². The second-order valence-corrected chi connectivity index (χ2v) is 6.39. The molecule has 3 aromatic rings. The van der Waals surface area contributed by atoms with E-state index in [0.29, 0.717) is 17.3 Å². The van der Waals surface area contributed by atoms with Gasteiger partial charge in [-0.15, -0.1) is 0 Å². The zero-order valence-corrected chi connectivity index (χ0v) is 15.0. The lowest BCUT2D eigenvalue weighted by molar-refractivity contribution is -0.115. The van der Waals surface area contributed by atoms with Crippen LogP contribution in [-0.2, 0) is 11.2 Å². The number of hydrogen-bond donors (Lipinski definition) is 1. The third kappa shape index (κ3) is 3.79. The minimum absolute atomic E-state index is 0.0916. The molecule has 0 bridgehead atoms. The van der Waals surface area contributed by atoms with Crippen molar-refractivity contribution in [3.05, 3.63) is 70.6 Å². The molecule has 3 rings (SSSR count). The Bertz CT molecular complexity index is 888. The van der Waals surface area contributed by atoms with Crippen molar-refractivity contribution in [1.82, 2.24) is 4.98 Å². The van der Waals surface area contributed by atoms with Gasteiger partial charge in [-0.05, 0) is 51.0 Å². The molecule has 0 aliphatic carbocycles. The minimum Gasteiger partial charge on any atom is -0.441 e. The van der Waals surface area contributed by atoms with Crippen molar-refractivity contribution in [2.24, 2.45) is 0 Å². The molecule has 128 valence electrons. The summed E-state index contributed by atoms with van der Waals surface area (Å²) in [6, 6.07) is 13.8. The summed E-state index contributed by atoms with van der Waals surface area (Å²) < 4.78 is 5.72. The summed E-state index contributed by atoms with van der Waals surface area (Å²) in [5, 5.41) is 3.01. The van der Waals surface area contributed by atoms with Gasteiger partial charge in [0.1, 0.15) is 5.76 Å². The predicted octanol–water partition coefficient (Wildman–Crippen LogP) is 4.76. The SMILES string of the molecule is Cc1cc(C)c(NC(=O)Cc2nc(-c3ccccc3)oc2C)c(C)c1. The topological polar surface area (TPSA) is 55.1 Å². The summed E-state index contributed by atoms with van der Waals surface area (Å²) in [5.74, 6) is 1.13. The lowest BCUT2D eigenvalue weighted by Crippen LogP contribution is -2.16. The van der Waals surface area contributed by atoms with E-state index >= 15 is 0 Å². The zero-order chi connectivity index (χ0) is 18.0. The van der Waals surface area contributed by atoms with Gasteiger partial charge in [-0.1, -0.05) is 35.9 Å². The monoisotopic (exact) mass is 334 g/mol. The van der Waals surface area contributed by atoms with Crippen LogP contribution in [0.5, 0.6) is 0 Å². The van der Waals surface area contributed by atoms with Gasteiger partial charge in [0.05, 0.1) is 12.1 Å². The molecule has 0 unspecified atom stereocenters. The molecule has 1 amide bonds. The number of oxazole rings is 1. The van der Waals surface area contributed by atoms with E-state index < -0.39 is 0 Å². The lowest BCUT2D eigenvalue weighted by Gasteiger charge is -2.12. The number of nitrogens with one attached hydrogen (secondary N) is 1. The summed E-state index contributed by atoms with van der Waals surface area (Å²) in [7, 11) is 0. The van der Waals surface area contributed by atoms with Gasteiger partial charge < -0.3 is 9.73 Å². The van der Waals surface area contributed by atoms with E-state index in [0.717, 1.165) is 22.4 Å². The van der Waals surface area contributed by atoms with Gasteiger partial charge in [0.2, 0.25) is 11.8 Å². The smallest absolute Gasteiger partial charge is 0.230 e. The van der Waals surface area contributed by atoms with Crippen LogP contribution >= 0.6 is 0 Å². The van der Waals surface area contributed by atoms with Crippen molar-refractivity contribution in [2.75, 3.05) is 5.32 Å². The molecule has 0 spiro atoms. The molecule has 4 nitrogen and oxygen atoms in total. The van der Waals surface area contributed by atoms with Crippen LogP contribution in [0.1, 0.15) is 28.1 Å². The molecule has 1 aromatic heterocycles. The fraction of sp³-hybridized carbons (Fsp3) is 0.238. The minimum atomic E-state index is -0.0916. The molecule has 1 heterocycles. The Morgan fingerprint density at radius 3 is 2.32 bits per heavy atom. The van der Waals surface area contributed by atoms with Crippen LogP contribution in [0.2, 0.25) is 0 Å². The molecule has 2 aromatic carbocycles. The van der Waals surface area contributed by atoms with Crippen LogP contribution in [0.25, 0.3) is 11.5 Å². The van der Waals surface area contributed by atoms with Crippen molar-refractivity contribution in [1.29, 1.82) is 0 Å². The first-order chi connectivity index (χ1) is 11.9. The van der Waals surface area contributed by atoms with E-state index in [-0.39, 0.29) is 12.3 Å². The highest BCUT2D eigenvalue weighted by Crippen LogP contribution is 2.24. The summed E-state index contributed by atoms with van der Waals surface area (Å²) in [4.78, 5) is 17.0. The number of carbonyl (C=O) groups is 1. The van der Waals surface area contributed by atoms with Gasteiger partial charge in [-0.25, -0.2) is 4.98 Å². The first-order valence-corrected chi connectivity index (χ1v) is 8.33.